The molecule has 1 saturated carbocycles. The second-order valence-electron chi connectivity index (χ2n) is 4.74. The summed E-state index contributed by atoms with van der Waals surface area (Å²) in [5.74, 6) is 2.19. The average molecular weight is 327 g/mol. The number of aliphatic imine (C=N–C) groups is 1. The van der Waals surface area contributed by atoms with E-state index in [0.717, 1.165) is 29.9 Å². The highest BCUT2D eigenvalue weighted by molar-refractivity contribution is 8.93. The summed E-state index contributed by atoms with van der Waals surface area (Å²) in [4.78, 5) is 4.59. The number of nitrogens with zero attached hydrogens (tertiary/aromatic N) is 1. The molecule has 5 heteroatoms. The zero-order valence-electron chi connectivity index (χ0n) is 11.2. The number of rotatable bonds is 4. The van der Waals surface area contributed by atoms with E-state index in [1.165, 1.54) is 5.56 Å². The second kappa shape index (κ2) is 5.04. The van der Waals surface area contributed by atoms with Gasteiger partial charge in [-0.3, -0.25) is 4.99 Å². The first kappa shape index (κ1) is 14.2. The summed E-state index contributed by atoms with van der Waals surface area (Å²) in [7, 11) is 0. The van der Waals surface area contributed by atoms with Crippen LogP contribution in [-0.4, -0.2) is 19.0 Å². The van der Waals surface area contributed by atoms with Gasteiger partial charge >= 0.3 is 0 Å². The fourth-order valence-corrected chi connectivity index (χ4v) is 2.54. The molecule has 0 amide bonds. The van der Waals surface area contributed by atoms with Crippen LogP contribution in [0.15, 0.2) is 17.1 Å². The predicted octanol–water partition coefficient (Wildman–Crippen LogP) is 2.77. The molecular weight excluding hydrogens is 308 g/mol. The zero-order valence-corrected chi connectivity index (χ0v) is 12.9. The van der Waals surface area contributed by atoms with Crippen LogP contribution in [0.2, 0.25) is 0 Å². The Hall–Kier alpha value is -1.23. The quantitative estimate of drug-likeness (QED) is 0.925. The molecule has 3 rings (SSSR count). The molecule has 1 spiro atoms. The molecule has 0 aromatic heterocycles. The van der Waals surface area contributed by atoms with Crippen LogP contribution in [0.4, 0.5) is 0 Å². The van der Waals surface area contributed by atoms with Gasteiger partial charge in [0, 0.05) is 5.56 Å². The minimum absolute atomic E-state index is 0. The van der Waals surface area contributed by atoms with Crippen molar-refractivity contribution in [2.24, 2.45) is 10.7 Å². The van der Waals surface area contributed by atoms with Crippen molar-refractivity contribution in [1.29, 1.82) is 0 Å². The molecule has 19 heavy (non-hydrogen) atoms. The molecule has 104 valence electrons. The van der Waals surface area contributed by atoms with Crippen LogP contribution in [0.1, 0.15) is 37.8 Å². The van der Waals surface area contributed by atoms with Gasteiger partial charge in [0.15, 0.2) is 11.5 Å². The molecule has 1 aromatic rings. The minimum atomic E-state index is -0.0456. The van der Waals surface area contributed by atoms with Crippen molar-refractivity contribution in [3.8, 4) is 11.5 Å². The minimum Gasteiger partial charge on any atom is -0.490 e. The highest BCUT2D eigenvalue weighted by Gasteiger charge is 2.50. The molecule has 2 N–H and O–H groups in total. The van der Waals surface area contributed by atoms with Gasteiger partial charge in [0.25, 0.3) is 0 Å². The van der Waals surface area contributed by atoms with Gasteiger partial charge in [-0.1, -0.05) is 0 Å². The highest BCUT2D eigenvalue weighted by Crippen LogP contribution is 2.55. The van der Waals surface area contributed by atoms with E-state index in [-0.39, 0.29) is 22.5 Å². The molecule has 0 atom stereocenters. The van der Waals surface area contributed by atoms with Gasteiger partial charge in [-0.15, -0.1) is 17.0 Å². The van der Waals surface area contributed by atoms with Crippen LogP contribution >= 0.6 is 17.0 Å². The Labute approximate surface area is 123 Å². The van der Waals surface area contributed by atoms with E-state index in [4.69, 9.17) is 15.2 Å². The number of hydrogen-bond acceptors (Lipinski definition) is 4. The average Bonchev–Trinajstić information content (AvgIpc) is 3.06. The fraction of sp³-hybridized carbons (Fsp3) is 0.500. The van der Waals surface area contributed by atoms with Crippen LogP contribution in [-0.2, 0) is 5.54 Å². The molecule has 1 heterocycles. The SMILES string of the molecule is Br.CCOc1cc2c(cc1OCC)C1(CC1)N=C2N. The number of fused-ring (bicyclic) bond motifs is 2. The standard InChI is InChI=1S/C14H18N2O2.BrH/c1-3-17-11-7-9-10(8-12(11)18-4-2)14(5-6-14)16-13(9)15;/h7-8H,3-6H2,1-2H3,(H2,15,16);1H. The molecule has 0 saturated heterocycles. The van der Waals surface area contributed by atoms with E-state index in [1.54, 1.807) is 0 Å². The van der Waals surface area contributed by atoms with Crippen molar-refractivity contribution in [2.45, 2.75) is 32.2 Å². The van der Waals surface area contributed by atoms with Crippen LogP contribution in [0.5, 0.6) is 11.5 Å². The van der Waals surface area contributed by atoms with E-state index in [2.05, 4.69) is 11.1 Å². The van der Waals surface area contributed by atoms with Gasteiger partial charge < -0.3 is 15.2 Å². The monoisotopic (exact) mass is 326 g/mol. The van der Waals surface area contributed by atoms with Crippen LogP contribution in [0.3, 0.4) is 0 Å². The molecule has 0 unspecified atom stereocenters. The largest absolute Gasteiger partial charge is 0.490 e. The molecule has 0 bridgehead atoms. The lowest BCUT2D eigenvalue weighted by Gasteiger charge is -2.14. The number of ether oxygens (including phenoxy) is 2. The number of amidine groups is 1. The van der Waals surface area contributed by atoms with Crippen molar-refractivity contribution in [1.82, 2.24) is 0 Å². The Morgan fingerprint density at radius 2 is 1.74 bits per heavy atom. The maximum Gasteiger partial charge on any atom is 0.161 e. The smallest absolute Gasteiger partial charge is 0.161 e. The van der Waals surface area contributed by atoms with Crippen molar-refractivity contribution in [3.63, 3.8) is 0 Å². The Morgan fingerprint density at radius 1 is 1.16 bits per heavy atom. The van der Waals surface area contributed by atoms with Gasteiger partial charge in [0.2, 0.25) is 0 Å². The predicted molar refractivity (Wildman–Crippen MR) is 80.7 cm³/mol. The normalized spacial score (nSPS) is 17.5. The number of nitrogens with two attached hydrogens (primary N) is 1. The fourth-order valence-electron chi connectivity index (χ4n) is 2.54. The van der Waals surface area contributed by atoms with Gasteiger partial charge in [0.05, 0.1) is 18.8 Å². The Bertz CT molecular complexity index is 524. The summed E-state index contributed by atoms with van der Waals surface area (Å²) in [6.07, 6.45) is 2.17. The van der Waals surface area contributed by atoms with E-state index in [0.29, 0.717) is 19.0 Å². The van der Waals surface area contributed by atoms with Crippen molar-refractivity contribution >= 4 is 22.8 Å². The highest BCUT2D eigenvalue weighted by atomic mass is 79.9. The summed E-state index contributed by atoms with van der Waals surface area (Å²) in [6.45, 7) is 5.17. The maximum absolute atomic E-state index is 6.00. The molecule has 0 radical (unpaired) electrons. The Balaban J connectivity index is 0.00000133. The van der Waals surface area contributed by atoms with Gasteiger partial charge in [-0.2, -0.15) is 0 Å². The Kier molecular flexibility index (Phi) is 3.76. The van der Waals surface area contributed by atoms with Crippen LogP contribution < -0.4 is 15.2 Å². The second-order valence-corrected chi connectivity index (χ2v) is 4.74. The Morgan fingerprint density at radius 3 is 2.26 bits per heavy atom. The van der Waals surface area contributed by atoms with Gasteiger partial charge in [-0.05, 0) is 44.4 Å². The number of hydrogen-bond donors (Lipinski definition) is 1. The molecule has 4 nitrogen and oxygen atoms in total. The van der Waals surface area contributed by atoms with Crippen molar-refractivity contribution < 1.29 is 9.47 Å². The topological polar surface area (TPSA) is 56.8 Å². The first-order valence-electron chi connectivity index (χ1n) is 6.50. The van der Waals surface area contributed by atoms with E-state index >= 15 is 0 Å². The third kappa shape index (κ3) is 2.20. The third-order valence-electron chi connectivity index (χ3n) is 3.52. The van der Waals surface area contributed by atoms with Gasteiger partial charge in [0.1, 0.15) is 5.84 Å². The molecule has 1 aromatic carbocycles. The lowest BCUT2D eigenvalue weighted by atomic mass is 10.0. The zero-order chi connectivity index (χ0) is 12.8. The molecule has 1 aliphatic carbocycles. The summed E-state index contributed by atoms with van der Waals surface area (Å²) in [5, 5.41) is 0. The molecule has 1 fully saturated rings. The lowest BCUT2D eigenvalue weighted by molar-refractivity contribution is 0.287. The van der Waals surface area contributed by atoms with Crippen LogP contribution in [0, 0.1) is 0 Å². The first-order valence-corrected chi connectivity index (χ1v) is 6.50. The van der Waals surface area contributed by atoms with E-state index in [9.17, 15) is 0 Å². The lowest BCUT2D eigenvalue weighted by Crippen LogP contribution is -2.11. The van der Waals surface area contributed by atoms with E-state index < -0.39 is 0 Å². The third-order valence-corrected chi connectivity index (χ3v) is 3.52. The van der Waals surface area contributed by atoms with Crippen molar-refractivity contribution in [3.05, 3.63) is 23.3 Å². The molecular formula is C14H19BrN2O2. The number of benzene rings is 1. The van der Waals surface area contributed by atoms with Crippen LogP contribution in [0.25, 0.3) is 0 Å². The van der Waals surface area contributed by atoms with Crippen molar-refractivity contribution in [2.75, 3.05) is 13.2 Å². The van der Waals surface area contributed by atoms with E-state index in [1.807, 2.05) is 19.9 Å². The summed E-state index contributed by atoms with van der Waals surface area (Å²) >= 11 is 0. The van der Waals surface area contributed by atoms with Gasteiger partial charge in [-0.25, -0.2) is 0 Å². The number of halogens is 1. The molecule has 2 aliphatic rings. The summed E-state index contributed by atoms with van der Waals surface area (Å²) < 4.78 is 11.3. The first-order chi connectivity index (χ1) is 8.70. The summed E-state index contributed by atoms with van der Waals surface area (Å²) in [5.41, 5.74) is 8.17. The maximum atomic E-state index is 6.00. The summed E-state index contributed by atoms with van der Waals surface area (Å²) in [6, 6.07) is 4.02. The molecule has 1 aliphatic heterocycles.